The van der Waals surface area contributed by atoms with Crippen LogP contribution >= 0.6 is 0 Å². The van der Waals surface area contributed by atoms with Gasteiger partial charge in [-0.1, -0.05) is 91.0 Å². The van der Waals surface area contributed by atoms with Crippen LogP contribution in [-0.4, -0.2) is 48.7 Å². The number of carbonyl (C=O) groups is 2. The molecule has 1 atom stereocenters. The Hall–Kier alpha value is -3.10. The molecule has 240 valence electrons. The van der Waals surface area contributed by atoms with E-state index in [4.69, 9.17) is 4.99 Å². The molecule has 1 spiro atoms. The van der Waals surface area contributed by atoms with Gasteiger partial charge in [-0.05, 0) is 85.3 Å². The third-order valence-corrected chi connectivity index (χ3v) is 10.3. The van der Waals surface area contributed by atoms with Crippen molar-refractivity contribution in [3.8, 4) is 0 Å². The van der Waals surface area contributed by atoms with Crippen molar-refractivity contribution in [3.05, 3.63) is 41.2 Å². The molecule has 0 unspecified atom stereocenters. The van der Waals surface area contributed by atoms with E-state index in [2.05, 4.69) is 72.4 Å². The van der Waals surface area contributed by atoms with Crippen LogP contribution in [0, 0.1) is 22.7 Å². The van der Waals surface area contributed by atoms with E-state index in [0.29, 0.717) is 23.2 Å². The molecule has 3 aliphatic rings. The highest BCUT2D eigenvalue weighted by atomic mass is 16.2. The number of aromatic nitrogens is 4. The summed E-state index contributed by atoms with van der Waals surface area (Å²) in [6.07, 6.45) is 12.9. The second-order valence-corrected chi connectivity index (χ2v) is 15.8. The third kappa shape index (κ3) is 7.57. The van der Waals surface area contributed by atoms with E-state index < -0.39 is 5.66 Å². The van der Waals surface area contributed by atoms with Gasteiger partial charge < -0.3 is 10.2 Å². The molecule has 2 aliphatic carbocycles. The lowest BCUT2D eigenvalue weighted by atomic mass is 9.69. The highest BCUT2D eigenvalue weighted by Gasteiger charge is 2.52. The van der Waals surface area contributed by atoms with Crippen LogP contribution in [0.4, 0.5) is 0 Å². The van der Waals surface area contributed by atoms with Crippen molar-refractivity contribution in [1.82, 2.24) is 30.8 Å². The number of hydrogen-bond donors (Lipinski definition) is 2. The molecule has 2 heterocycles. The fraction of sp³-hybridized carbons (Fsp3) is 0.714. The zero-order chi connectivity index (χ0) is 31.5. The monoisotopic (exact) mass is 603 g/mol. The van der Waals surface area contributed by atoms with Crippen molar-refractivity contribution in [2.45, 2.75) is 137 Å². The molecule has 2 fully saturated rings. The Morgan fingerprint density at radius 1 is 1.02 bits per heavy atom. The Morgan fingerprint density at radius 3 is 2.30 bits per heavy atom. The molecule has 9 heteroatoms. The standard InChI is InChI=1S/C35H53N7O2/c1-33(2,3)19-18-29(25-12-14-26(15-13-25)31(43)36-23-30-38-40-41-39-30)42-32(44)28(22-24-10-8-7-9-11-24)37-35(42)20-16-27(17-21-35)34(4,5)6/h12-15,24,27,29H,7-11,16-23H2,1-6H3,(H,36,43)(H,38,39,40,41)/t27?,29-,35?/m1/s1. The Kier molecular flexibility index (Phi) is 9.61. The largest absolute Gasteiger partial charge is 0.345 e. The van der Waals surface area contributed by atoms with Gasteiger partial charge in [-0.2, -0.15) is 5.21 Å². The number of amides is 2. The van der Waals surface area contributed by atoms with E-state index in [0.717, 1.165) is 56.2 Å². The molecule has 1 aromatic heterocycles. The molecular weight excluding hydrogens is 550 g/mol. The molecule has 0 saturated heterocycles. The molecule has 0 bridgehead atoms. The van der Waals surface area contributed by atoms with Crippen molar-refractivity contribution >= 4 is 17.5 Å². The number of nitrogens with zero attached hydrogens (tertiary/aromatic N) is 5. The summed E-state index contributed by atoms with van der Waals surface area (Å²) >= 11 is 0. The van der Waals surface area contributed by atoms with Crippen LogP contribution in [0.5, 0.6) is 0 Å². The van der Waals surface area contributed by atoms with Crippen LogP contribution in [0.1, 0.15) is 146 Å². The topological polar surface area (TPSA) is 116 Å². The van der Waals surface area contributed by atoms with Crippen LogP contribution in [0.15, 0.2) is 29.3 Å². The lowest BCUT2D eigenvalue weighted by molar-refractivity contribution is -0.134. The van der Waals surface area contributed by atoms with E-state index in [1.54, 1.807) is 0 Å². The smallest absolute Gasteiger partial charge is 0.270 e. The van der Waals surface area contributed by atoms with Gasteiger partial charge in [-0.15, -0.1) is 10.2 Å². The number of aromatic amines is 1. The zero-order valence-electron chi connectivity index (χ0n) is 27.8. The summed E-state index contributed by atoms with van der Waals surface area (Å²) in [5, 5.41) is 16.6. The summed E-state index contributed by atoms with van der Waals surface area (Å²) in [5.74, 6) is 1.57. The first-order valence-corrected chi connectivity index (χ1v) is 16.9. The number of H-pyrrole nitrogens is 1. The van der Waals surface area contributed by atoms with Crippen molar-refractivity contribution in [2.24, 2.45) is 27.7 Å². The van der Waals surface area contributed by atoms with Crippen molar-refractivity contribution in [1.29, 1.82) is 0 Å². The first-order chi connectivity index (χ1) is 20.8. The van der Waals surface area contributed by atoms with Crippen LogP contribution in [0.25, 0.3) is 0 Å². The minimum atomic E-state index is -0.480. The second-order valence-electron chi connectivity index (χ2n) is 15.8. The van der Waals surface area contributed by atoms with Crippen molar-refractivity contribution < 1.29 is 9.59 Å². The predicted molar refractivity (Wildman–Crippen MR) is 173 cm³/mol. The lowest BCUT2D eigenvalue weighted by Gasteiger charge is -2.48. The number of benzene rings is 1. The quantitative estimate of drug-likeness (QED) is 0.315. The fourth-order valence-corrected chi connectivity index (χ4v) is 7.60. The molecule has 5 rings (SSSR count). The van der Waals surface area contributed by atoms with Gasteiger partial charge in [-0.3, -0.25) is 14.6 Å². The summed E-state index contributed by atoms with van der Waals surface area (Å²) in [6.45, 7) is 14.0. The number of aliphatic imine (C=N–C) groups is 1. The summed E-state index contributed by atoms with van der Waals surface area (Å²) < 4.78 is 0. The fourth-order valence-electron chi connectivity index (χ4n) is 7.60. The minimum absolute atomic E-state index is 0.100. The SMILES string of the molecule is CC(C)(C)CC[C@H](c1ccc(C(=O)NCc2nn[nH]n2)cc1)N1C(=O)C(CC2CCCCC2)=NC12CCC(C(C)(C)C)CC2. The van der Waals surface area contributed by atoms with E-state index in [1.165, 1.54) is 32.1 Å². The van der Waals surface area contributed by atoms with Gasteiger partial charge in [0.1, 0.15) is 11.4 Å². The summed E-state index contributed by atoms with van der Waals surface area (Å²) in [6, 6.07) is 7.73. The zero-order valence-corrected chi connectivity index (χ0v) is 27.8. The Morgan fingerprint density at radius 2 is 1.70 bits per heavy atom. The Labute approximate surface area is 263 Å². The van der Waals surface area contributed by atoms with Crippen LogP contribution in [0.2, 0.25) is 0 Å². The third-order valence-electron chi connectivity index (χ3n) is 10.3. The van der Waals surface area contributed by atoms with Gasteiger partial charge in [0.2, 0.25) is 0 Å². The molecule has 0 radical (unpaired) electrons. The van der Waals surface area contributed by atoms with Crippen molar-refractivity contribution in [3.63, 3.8) is 0 Å². The number of hydrogen-bond acceptors (Lipinski definition) is 6. The number of rotatable bonds is 9. The normalized spacial score (nSPS) is 24.0. The summed E-state index contributed by atoms with van der Waals surface area (Å²) in [4.78, 5) is 35.1. The van der Waals surface area contributed by atoms with Gasteiger partial charge in [0.25, 0.3) is 11.8 Å². The van der Waals surface area contributed by atoms with Crippen LogP contribution < -0.4 is 5.32 Å². The van der Waals surface area contributed by atoms with Gasteiger partial charge in [0.15, 0.2) is 5.82 Å². The molecule has 2 saturated carbocycles. The molecule has 1 aliphatic heterocycles. The maximum Gasteiger partial charge on any atom is 0.270 e. The van der Waals surface area contributed by atoms with E-state index in [-0.39, 0.29) is 35.2 Å². The van der Waals surface area contributed by atoms with Crippen LogP contribution in [-0.2, 0) is 11.3 Å². The summed E-state index contributed by atoms with van der Waals surface area (Å²) in [5.41, 5.74) is 2.34. The van der Waals surface area contributed by atoms with Crippen LogP contribution in [0.3, 0.4) is 0 Å². The highest BCUT2D eigenvalue weighted by molar-refractivity contribution is 6.40. The Balaban J connectivity index is 1.43. The second kappa shape index (κ2) is 13.1. The van der Waals surface area contributed by atoms with Gasteiger partial charge in [0.05, 0.1) is 12.6 Å². The molecule has 1 aromatic carbocycles. The molecule has 2 aromatic rings. The van der Waals surface area contributed by atoms with E-state index in [1.807, 2.05) is 24.3 Å². The van der Waals surface area contributed by atoms with Gasteiger partial charge >= 0.3 is 0 Å². The number of tetrazole rings is 1. The summed E-state index contributed by atoms with van der Waals surface area (Å²) in [7, 11) is 0. The molecule has 2 amide bonds. The lowest BCUT2D eigenvalue weighted by Crippen LogP contribution is -2.51. The number of carbonyl (C=O) groups excluding carboxylic acids is 2. The number of nitrogens with one attached hydrogen (secondary N) is 2. The first-order valence-electron chi connectivity index (χ1n) is 16.9. The van der Waals surface area contributed by atoms with E-state index >= 15 is 0 Å². The molecular formula is C35H53N7O2. The molecule has 44 heavy (non-hydrogen) atoms. The predicted octanol–water partition coefficient (Wildman–Crippen LogP) is 7.18. The minimum Gasteiger partial charge on any atom is -0.345 e. The Bertz CT molecular complexity index is 1290. The molecule has 9 nitrogen and oxygen atoms in total. The average Bonchev–Trinajstić information content (AvgIpc) is 3.59. The molecule has 2 N–H and O–H groups in total. The van der Waals surface area contributed by atoms with Crippen molar-refractivity contribution in [2.75, 3.05) is 0 Å². The van der Waals surface area contributed by atoms with Gasteiger partial charge in [0, 0.05) is 5.56 Å². The highest BCUT2D eigenvalue weighted by Crippen LogP contribution is 2.50. The van der Waals surface area contributed by atoms with E-state index in [9.17, 15) is 9.59 Å². The maximum absolute atomic E-state index is 14.6. The average molecular weight is 604 g/mol. The van der Waals surface area contributed by atoms with Gasteiger partial charge in [-0.25, -0.2) is 0 Å². The first kappa shape index (κ1) is 32.3. The maximum atomic E-state index is 14.6.